The highest BCUT2D eigenvalue weighted by Crippen LogP contribution is 2.26. The van der Waals surface area contributed by atoms with E-state index in [9.17, 15) is 13.2 Å². The Balaban J connectivity index is 1.60. The molecule has 0 saturated carbocycles. The molecule has 0 aliphatic carbocycles. The fraction of sp³-hybridized carbons (Fsp3) is 0.500. The van der Waals surface area contributed by atoms with E-state index in [-0.39, 0.29) is 31.5 Å². The third-order valence-electron chi connectivity index (χ3n) is 4.54. The van der Waals surface area contributed by atoms with Crippen molar-refractivity contribution in [3.63, 3.8) is 0 Å². The van der Waals surface area contributed by atoms with Gasteiger partial charge < -0.3 is 14.5 Å². The second-order valence-electron chi connectivity index (χ2n) is 6.81. The third kappa shape index (κ3) is 4.25. The van der Waals surface area contributed by atoms with Gasteiger partial charge in [0.1, 0.15) is 5.58 Å². The number of nitrogens with one attached hydrogen (secondary N) is 1. The number of morpholine rings is 1. The molecular weight excluding hydrogens is 356 g/mol. The van der Waals surface area contributed by atoms with Crippen LogP contribution in [0, 0.1) is 13.8 Å². The molecule has 1 aromatic carbocycles. The largest absolute Gasteiger partial charge is 0.464 e. The Morgan fingerprint density at radius 2 is 2.12 bits per heavy atom. The van der Waals surface area contributed by atoms with Gasteiger partial charge >= 0.3 is 0 Å². The summed E-state index contributed by atoms with van der Waals surface area (Å²) in [5, 5.41) is 3.81. The molecule has 0 radical (unpaired) electrons. The molecule has 142 valence electrons. The Hall–Kier alpha value is -1.90. The molecule has 1 fully saturated rings. The second-order valence-corrected chi connectivity index (χ2v) is 8.79. The summed E-state index contributed by atoms with van der Waals surface area (Å²) in [7, 11) is -3.24. The molecule has 0 unspecified atom stereocenters. The van der Waals surface area contributed by atoms with Crippen LogP contribution in [0.3, 0.4) is 0 Å². The van der Waals surface area contributed by atoms with Crippen LogP contribution in [-0.2, 0) is 26.0 Å². The van der Waals surface area contributed by atoms with Gasteiger partial charge in [-0.15, -0.1) is 0 Å². The van der Waals surface area contributed by atoms with Crippen molar-refractivity contribution in [2.45, 2.75) is 26.4 Å². The minimum Gasteiger partial charge on any atom is -0.464 e. The van der Waals surface area contributed by atoms with Crippen molar-refractivity contribution in [1.82, 2.24) is 9.62 Å². The maximum absolute atomic E-state index is 12.3. The van der Waals surface area contributed by atoms with Crippen LogP contribution in [0.1, 0.15) is 16.7 Å². The number of fused-ring (bicyclic) bond motifs is 1. The quantitative estimate of drug-likeness (QED) is 0.846. The maximum Gasteiger partial charge on any atom is 0.224 e. The van der Waals surface area contributed by atoms with Crippen LogP contribution >= 0.6 is 0 Å². The average Bonchev–Trinajstić information content (AvgIpc) is 2.95. The Labute approximate surface area is 153 Å². The summed E-state index contributed by atoms with van der Waals surface area (Å²) in [6, 6.07) is 4.02. The summed E-state index contributed by atoms with van der Waals surface area (Å²) >= 11 is 0. The van der Waals surface area contributed by atoms with Crippen LogP contribution < -0.4 is 5.32 Å². The van der Waals surface area contributed by atoms with Crippen molar-refractivity contribution in [1.29, 1.82) is 0 Å². The highest BCUT2D eigenvalue weighted by Gasteiger charge is 2.26. The summed E-state index contributed by atoms with van der Waals surface area (Å²) in [5.74, 6) is -0.146. The number of rotatable bonds is 5. The normalized spacial score (nSPS) is 19.0. The summed E-state index contributed by atoms with van der Waals surface area (Å²) in [6.45, 7) is 5.22. The van der Waals surface area contributed by atoms with Crippen LogP contribution in [0.15, 0.2) is 22.8 Å². The lowest BCUT2D eigenvalue weighted by molar-refractivity contribution is -0.121. The van der Waals surface area contributed by atoms with Gasteiger partial charge in [-0.1, -0.05) is 6.07 Å². The number of nitrogens with zero attached hydrogens (tertiary/aromatic N) is 1. The molecule has 7 nitrogen and oxygen atoms in total. The minimum atomic E-state index is -3.24. The van der Waals surface area contributed by atoms with Gasteiger partial charge in [-0.3, -0.25) is 4.79 Å². The van der Waals surface area contributed by atoms with Crippen LogP contribution in [-0.4, -0.2) is 57.2 Å². The van der Waals surface area contributed by atoms with Gasteiger partial charge in [0, 0.05) is 30.6 Å². The van der Waals surface area contributed by atoms with E-state index in [0.717, 1.165) is 27.7 Å². The molecule has 1 aliphatic rings. The van der Waals surface area contributed by atoms with E-state index < -0.39 is 10.0 Å². The Morgan fingerprint density at radius 3 is 2.85 bits per heavy atom. The summed E-state index contributed by atoms with van der Waals surface area (Å²) in [4.78, 5) is 12.3. The number of carbonyl (C=O) groups excluding carboxylic acids is 1. The number of hydrogen-bond donors (Lipinski definition) is 1. The zero-order valence-corrected chi connectivity index (χ0v) is 16.1. The Bertz CT molecular complexity index is 919. The lowest BCUT2D eigenvalue weighted by atomic mass is 10.0. The zero-order chi connectivity index (χ0) is 18.9. The smallest absolute Gasteiger partial charge is 0.224 e. The van der Waals surface area contributed by atoms with Crippen molar-refractivity contribution in [3.05, 3.63) is 35.1 Å². The van der Waals surface area contributed by atoms with Crippen LogP contribution in [0.2, 0.25) is 0 Å². The number of benzene rings is 1. The van der Waals surface area contributed by atoms with E-state index in [1.54, 1.807) is 6.26 Å². The number of hydrogen-bond acceptors (Lipinski definition) is 5. The molecule has 3 rings (SSSR count). The van der Waals surface area contributed by atoms with Crippen LogP contribution in [0.5, 0.6) is 0 Å². The van der Waals surface area contributed by atoms with Crippen LogP contribution in [0.25, 0.3) is 11.0 Å². The minimum absolute atomic E-state index is 0.146. The van der Waals surface area contributed by atoms with E-state index >= 15 is 0 Å². The molecule has 1 aromatic heterocycles. The Morgan fingerprint density at radius 1 is 1.35 bits per heavy atom. The highest BCUT2D eigenvalue weighted by molar-refractivity contribution is 7.88. The predicted molar refractivity (Wildman–Crippen MR) is 98.6 cm³/mol. The van der Waals surface area contributed by atoms with Gasteiger partial charge in [-0.25, -0.2) is 8.42 Å². The number of carbonyl (C=O) groups is 1. The van der Waals surface area contributed by atoms with E-state index in [1.165, 1.54) is 10.6 Å². The molecule has 0 spiro atoms. The van der Waals surface area contributed by atoms with E-state index in [1.807, 2.05) is 19.9 Å². The first-order chi connectivity index (χ1) is 12.2. The molecule has 2 aromatic rings. The monoisotopic (exact) mass is 380 g/mol. The highest BCUT2D eigenvalue weighted by atomic mass is 32.2. The molecule has 1 saturated heterocycles. The number of aryl methyl sites for hydroxylation is 2. The van der Waals surface area contributed by atoms with Crippen molar-refractivity contribution >= 4 is 26.9 Å². The van der Waals surface area contributed by atoms with E-state index in [2.05, 4.69) is 11.4 Å². The zero-order valence-electron chi connectivity index (χ0n) is 15.2. The molecular formula is C18H24N2O5S. The number of sulfonamides is 1. The molecule has 26 heavy (non-hydrogen) atoms. The fourth-order valence-electron chi connectivity index (χ4n) is 3.34. The topological polar surface area (TPSA) is 88.9 Å². The van der Waals surface area contributed by atoms with E-state index in [4.69, 9.17) is 9.15 Å². The lowest BCUT2D eigenvalue weighted by Crippen LogP contribution is -2.49. The summed E-state index contributed by atoms with van der Waals surface area (Å²) in [5.41, 5.74) is 3.82. The van der Waals surface area contributed by atoms with Gasteiger partial charge in [0.15, 0.2) is 0 Å². The molecule has 0 bridgehead atoms. The first-order valence-corrected chi connectivity index (χ1v) is 10.4. The SMILES string of the molecule is Cc1cc(C)c2c(CC(=O)NC[C@H]3CN(S(C)(=O)=O)CCO3)coc2c1. The first-order valence-electron chi connectivity index (χ1n) is 8.55. The molecule has 2 heterocycles. The number of amides is 1. The average molecular weight is 380 g/mol. The first kappa shape index (κ1) is 18.9. The van der Waals surface area contributed by atoms with E-state index in [0.29, 0.717) is 13.2 Å². The molecule has 1 aliphatic heterocycles. The van der Waals surface area contributed by atoms with Gasteiger partial charge in [-0.05, 0) is 31.0 Å². The number of ether oxygens (including phenoxy) is 1. The van der Waals surface area contributed by atoms with Gasteiger partial charge in [-0.2, -0.15) is 4.31 Å². The molecule has 1 atom stereocenters. The van der Waals surface area contributed by atoms with Crippen molar-refractivity contribution < 1.29 is 22.4 Å². The maximum atomic E-state index is 12.3. The molecule has 1 N–H and O–H groups in total. The van der Waals surface area contributed by atoms with Crippen molar-refractivity contribution in [2.24, 2.45) is 0 Å². The molecule has 1 amide bonds. The van der Waals surface area contributed by atoms with Gasteiger partial charge in [0.05, 0.1) is 31.7 Å². The van der Waals surface area contributed by atoms with Gasteiger partial charge in [0.25, 0.3) is 0 Å². The van der Waals surface area contributed by atoms with Crippen molar-refractivity contribution in [2.75, 3.05) is 32.5 Å². The summed E-state index contributed by atoms with van der Waals surface area (Å²) < 4.78 is 35.8. The lowest BCUT2D eigenvalue weighted by Gasteiger charge is -2.31. The number of furan rings is 1. The Kier molecular flexibility index (Phi) is 5.36. The standard InChI is InChI=1S/C18H24N2O5S/c1-12-6-13(2)18-14(11-25-16(18)7-12)8-17(21)19-9-15-10-20(4-5-24-15)26(3,22)23/h6-7,11,15H,4-5,8-10H2,1-3H3,(H,19,21)/t15-/m0/s1. The van der Waals surface area contributed by atoms with Crippen LogP contribution in [0.4, 0.5) is 0 Å². The third-order valence-corrected chi connectivity index (χ3v) is 5.81. The summed E-state index contributed by atoms with van der Waals surface area (Å²) in [6.07, 6.45) is 2.67. The van der Waals surface area contributed by atoms with Gasteiger partial charge in [0.2, 0.25) is 15.9 Å². The van der Waals surface area contributed by atoms with Crippen molar-refractivity contribution in [3.8, 4) is 0 Å². The second kappa shape index (κ2) is 7.38. The fourth-order valence-corrected chi connectivity index (χ4v) is 4.18. The predicted octanol–water partition coefficient (Wildman–Crippen LogP) is 1.37. The molecule has 8 heteroatoms.